The highest BCUT2D eigenvalue weighted by Gasteiger charge is 2.06. The lowest BCUT2D eigenvalue weighted by Gasteiger charge is -2.17. The van der Waals surface area contributed by atoms with E-state index in [1.807, 2.05) is 24.2 Å². The second-order valence-corrected chi connectivity index (χ2v) is 5.51. The minimum atomic E-state index is -0.209. The molecule has 0 aliphatic carbocycles. The zero-order valence-electron chi connectivity index (χ0n) is 11.2. The number of halogens is 1. The van der Waals surface area contributed by atoms with Crippen molar-refractivity contribution in [3.8, 4) is 0 Å². The molecule has 5 heteroatoms. The van der Waals surface area contributed by atoms with Crippen molar-refractivity contribution in [1.82, 2.24) is 4.98 Å². The van der Waals surface area contributed by atoms with Crippen molar-refractivity contribution < 1.29 is 4.39 Å². The van der Waals surface area contributed by atoms with Gasteiger partial charge in [0, 0.05) is 30.4 Å². The third-order valence-electron chi connectivity index (χ3n) is 2.72. The van der Waals surface area contributed by atoms with E-state index in [-0.39, 0.29) is 5.82 Å². The Hall–Kier alpha value is -1.62. The number of benzene rings is 1. The predicted octanol–water partition coefficient (Wildman–Crippen LogP) is 3.74. The Bertz CT molecular complexity index is 527. The Kier molecular flexibility index (Phi) is 4.74. The molecule has 0 saturated heterocycles. The summed E-state index contributed by atoms with van der Waals surface area (Å²) in [5.41, 5.74) is 0.872. The lowest BCUT2D eigenvalue weighted by molar-refractivity contribution is 0.627. The molecule has 2 aromatic rings. The van der Waals surface area contributed by atoms with E-state index < -0.39 is 0 Å². The van der Waals surface area contributed by atoms with Gasteiger partial charge in [-0.25, -0.2) is 9.37 Å². The molecule has 0 fully saturated rings. The number of hydrogen-bond donors (Lipinski definition) is 1. The predicted molar refractivity (Wildman–Crippen MR) is 79.4 cm³/mol. The van der Waals surface area contributed by atoms with Crippen molar-refractivity contribution in [1.29, 1.82) is 0 Å². The summed E-state index contributed by atoms with van der Waals surface area (Å²) in [7, 11) is 1.95. The largest absolute Gasteiger partial charge is 0.369 e. The molecule has 0 bridgehead atoms. The number of aromatic nitrogens is 1. The first-order chi connectivity index (χ1) is 9.19. The van der Waals surface area contributed by atoms with E-state index in [4.69, 9.17) is 0 Å². The molecule has 0 saturated carbocycles. The molecule has 1 aromatic carbocycles. The summed E-state index contributed by atoms with van der Waals surface area (Å²) in [5.74, 6) is -0.209. The zero-order valence-corrected chi connectivity index (χ0v) is 12.0. The monoisotopic (exact) mass is 279 g/mol. The van der Waals surface area contributed by atoms with Crippen LogP contribution in [0, 0.1) is 5.82 Å². The van der Waals surface area contributed by atoms with E-state index in [0.29, 0.717) is 0 Å². The molecule has 1 heterocycles. The standard InChI is InChI=1S/C14H18FN3S/c1-3-7-16-14-17-9-13(19-14)10-18(2)12-6-4-5-11(15)8-12/h4-6,8-9H,3,7,10H2,1-2H3,(H,16,17). The molecule has 1 N–H and O–H groups in total. The van der Waals surface area contributed by atoms with Gasteiger partial charge in [0.25, 0.3) is 0 Å². The van der Waals surface area contributed by atoms with Crippen LogP contribution in [0.3, 0.4) is 0 Å². The number of hydrogen-bond acceptors (Lipinski definition) is 4. The van der Waals surface area contributed by atoms with Crippen LogP contribution in [-0.4, -0.2) is 18.6 Å². The van der Waals surface area contributed by atoms with E-state index >= 15 is 0 Å². The third kappa shape index (κ3) is 3.92. The maximum absolute atomic E-state index is 13.2. The van der Waals surface area contributed by atoms with Crippen LogP contribution < -0.4 is 10.2 Å². The van der Waals surface area contributed by atoms with E-state index in [1.165, 1.54) is 12.1 Å². The van der Waals surface area contributed by atoms with Crippen LogP contribution in [0.2, 0.25) is 0 Å². The van der Waals surface area contributed by atoms with Crippen LogP contribution in [0.4, 0.5) is 15.2 Å². The normalized spacial score (nSPS) is 10.5. The first kappa shape index (κ1) is 13.8. The van der Waals surface area contributed by atoms with Gasteiger partial charge in [0.2, 0.25) is 0 Å². The Labute approximate surface area is 117 Å². The Morgan fingerprint density at radius 3 is 3.00 bits per heavy atom. The molecule has 0 radical (unpaired) electrons. The highest BCUT2D eigenvalue weighted by Crippen LogP contribution is 2.22. The lowest BCUT2D eigenvalue weighted by atomic mass is 10.3. The molecule has 19 heavy (non-hydrogen) atoms. The fourth-order valence-electron chi connectivity index (χ4n) is 1.73. The quantitative estimate of drug-likeness (QED) is 0.873. The minimum Gasteiger partial charge on any atom is -0.369 e. The highest BCUT2D eigenvalue weighted by molar-refractivity contribution is 7.15. The van der Waals surface area contributed by atoms with Gasteiger partial charge in [-0.2, -0.15) is 0 Å². The molecule has 0 atom stereocenters. The lowest BCUT2D eigenvalue weighted by Crippen LogP contribution is -2.15. The summed E-state index contributed by atoms with van der Waals surface area (Å²) in [5, 5.41) is 4.21. The molecular formula is C14H18FN3S. The molecule has 0 unspecified atom stereocenters. The third-order valence-corrected chi connectivity index (χ3v) is 3.66. The van der Waals surface area contributed by atoms with E-state index in [1.54, 1.807) is 17.4 Å². The van der Waals surface area contributed by atoms with Crippen molar-refractivity contribution in [2.75, 3.05) is 23.8 Å². The van der Waals surface area contributed by atoms with Crippen molar-refractivity contribution in [2.45, 2.75) is 19.9 Å². The molecule has 2 rings (SSSR count). The van der Waals surface area contributed by atoms with Gasteiger partial charge in [0.15, 0.2) is 5.13 Å². The van der Waals surface area contributed by atoms with Gasteiger partial charge < -0.3 is 10.2 Å². The number of rotatable bonds is 6. The van der Waals surface area contributed by atoms with E-state index in [2.05, 4.69) is 17.2 Å². The first-order valence-corrected chi connectivity index (χ1v) is 7.16. The highest BCUT2D eigenvalue weighted by atomic mass is 32.1. The van der Waals surface area contributed by atoms with Gasteiger partial charge in [-0.3, -0.25) is 0 Å². The summed E-state index contributed by atoms with van der Waals surface area (Å²) in [4.78, 5) is 7.50. The molecule has 3 nitrogen and oxygen atoms in total. The van der Waals surface area contributed by atoms with Crippen LogP contribution in [0.25, 0.3) is 0 Å². The summed E-state index contributed by atoms with van der Waals surface area (Å²) in [6, 6.07) is 6.62. The van der Waals surface area contributed by atoms with Gasteiger partial charge in [-0.1, -0.05) is 13.0 Å². The average Bonchev–Trinajstić information content (AvgIpc) is 2.84. The van der Waals surface area contributed by atoms with Crippen molar-refractivity contribution in [3.05, 3.63) is 41.2 Å². The molecule has 0 spiro atoms. The van der Waals surface area contributed by atoms with Crippen LogP contribution in [0.15, 0.2) is 30.5 Å². The number of nitrogens with zero attached hydrogens (tertiary/aromatic N) is 2. The van der Waals surface area contributed by atoms with E-state index in [9.17, 15) is 4.39 Å². The van der Waals surface area contributed by atoms with Gasteiger partial charge >= 0.3 is 0 Å². The smallest absolute Gasteiger partial charge is 0.182 e. The maximum atomic E-state index is 13.2. The fraction of sp³-hybridized carbons (Fsp3) is 0.357. The van der Waals surface area contributed by atoms with Crippen LogP contribution in [-0.2, 0) is 6.54 Å². The second kappa shape index (κ2) is 6.52. The molecule has 0 aliphatic heterocycles. The second-order valence-electron chi connectivity index (χ2n) is 4.39. The van der Waals surface area contributed by atoms with Crippen LogP contribution in [0.1, 0.15) is 18.2 Å². The Morgan fingerprint density at radius 1 is 1.42 bits per heavy atom. The summed E-state index contributed by atoms with van der Waals surface area (Å²) in [6.07, 6.45) is 2.95. The molecule has 0 amide bonds. The van der Waals surface area contributed by atoms with Gasteiger partial charge in [0.1, 0.15) is 5.82 Å². The zero-order chi connectivity index (χ0) is 13.7. The number of anilines is 2. The van der Waals surface area contributed by atoms with Crippen molar-refractivity contribution in [2.24, 2.45) is 0 Å². The summed E-state index contributed by atoms with van der Waals surface area (Å²) < 4.78 is 13.2. The Balaban J connectivity index is 1.98. The van der Waals surface area contributed by atoms with Gasteiger partial charge in [-0.05, 0) is 24.6 Å². The fourth-order valence-corrected chi connectivity index (χ4v) is 2.62. The van der Waals surface area contributed by atoms with Gasteiger partial charge in [-0.15, -0.1) is 11.3 Å². The summed E-state index contributed by atoms with van der Waals surface area (Å²) >= 11 is 1.64. The van der Waals surface area contributed by atoms with E-state index in [0.717, 1.165) is 35.2 Å². The summed E-state index contributed by atoms with van der Waals surface area (Å²) in [6.45, 7) is 3.79. The topological polar surface area (TPSA) is 28.2 Å². The minimum absolute atomic E-state index is 0.209. The number of thiazole rings is 1. The average molecular weight is 279 g/mol. The SMILES string of the molecule is CCCNc1ncc(CN(C)c2cccc(F)c2)s1. The van der Waals surface area contributed by atoms with Gasteiger partial charge in [0.05, 0.1) is 6.54 Å². The Morgan fingerprint density at radius 2 is 2.26 bits per heavy atom. The van der Waals surface area contributed by atoms with Crippen LogP contribution in [0.5, 0.6) is 0 Å². The molecule has 0 aliphatic rings. The maximum Gasteiger partial charge on any atom is 0.182 e. The van der Waals surface area contributed by atoms with Crippen LogP contribution >= 0.6 is 11.3 Å². The first-order valence-electron chi connectivity index (χ1n) is 6.34. The van der Waals surface area contributed by atoms with Crippen molar-refractivity contribution >= 4 is 22.2 Å². The molecule has 102 valence electrons. The molecular weight excluding hydrogens is 261 g/mol. The molecule has 1 aromatic heterocycles. The number of nitrogens with one attached hydrogen (secondary N) is 1. The van der Waals surface area contributed by atoms with Crippen molar-refractivity contribution in [3.63, 3.8) is 0 Å².